The zero-order valence-corrected chi connectivity index (χ0v) is 16.3. The lowest BCUT2D eigenvalue weighted by Crippen LogP contribution is -2.48. The molecule has 2 aromatic rings. The molecular formula is C20H23N3O3S. The maximum atomic E-state index is 12.7. The molecule has 1 amide bonds. The molecule has 2 aliphatic rings. The summed E-state index contributed by atoms with van der Waals surface area (Å²) >= 11 is 1.55. The van der Waals surface area contributed by atoms with Crippen molar-refractivity contribution in [1.82, 2.24) is 14.8 Å². The van der Waals surface area contributed by atoms with Crippen molar-refractivity contribution in [1.29, 1.82) is 0 Å². The molecule has 7 heteroatoms. The maximum absolute atomic E-state index is 12.7. The summed E-state index contributed by atoms with van der Waals surface area (Å²) in [5, 5.41) is 1.02. The number of amides is 1. The summed E-state index contributed by atoms with van der Waals surface area (Å²) in [5.41, 5.74) is 1.68. The number of fused-ring (bicyclic) bond motifs is 1. The molecule has 2 heterocycles. The molecule has 1 aromatic carbocycles. The Kier molecular flexibility index (Phi) is 5.22. The maximum Gasteiger partial charge on any atom is 0.253 e. The molecule has 0 unspecified atom stereocenters. The van der Waals surface area contributed by atoms with E-state index in [9.17, 15) is 9.59 Å². The van der Waals surface area contributed by atoms with Gasteiger partial charge in [-0.3, -0.25) is 14.5 Å². The van der Waals surface area contributed by atoms with Gasteiger partial charge in [0, 0.05) is 38.2 Å². The quantitative estimate of drug-likeness (QED) is 0.810. The number of ether oxygens (including phenoxy) is 1. The molecule has 0 radical (unpaired) electrons. The van der Waals surface area contributed by atoms with E-state index >= 15 is 0 Å². The van der Waals surface area contributed by atoms with Crippen LogP contribution in [0.15, 0.2) is 24.3 Å². The first-order valence-electron chi connectivity index (χ1n) is 9.31. The lowest BCUT2D eigenvalue weighted by atomic mass is 10.0. The fourth-order valence-electron chi connectivity index (χ4n) is 3.60. The highest BCUT2D eigenvalue weighted by Gasteiger charge is 2.25. The van der Waals surface area contributed by atoms with Gasteiger partial charge in [-0.2, -0.15) is 0 Å². The molecule has 0 saturated carbocycles. The van der Waals surface area contributed by atoms with E-state index in [4.69, 9.17) is 4.74 Å². The van der Waals surface area contributed by atoms with Gasteiger partial charge in [0.2, 0.25) is 0 Å². The lowest BCUT2D eigenvalue weighted by Gasteiger charge is -2.34. The van der Waals surface area contributed by atoms with Gasteiger partial charge >= 0.3 is 0 Å². The summed E-state index contributed by atoms with van der Waals surface area (Å²) in [4.78, 5) is 34.4. The highest BCUT2D eigenvalue weighted by molar-refractivity contribution is 7.13. The fourth-order valence-corrected chi connectivity index (χ4v) is 4.72. The molecule has 142 valence electrons. The number of ketones is 1. The Morgan fingerprint density at radius 2 is 1.89 bits per heavy atom. The second kappa shape index (κ2) is 7.78. The third kappa shape index (κ3) is 3.89. The van der Waals surface area contributed by atoms with Crippen LogP contribution in [0.2, 0.25) is 0 Å². The van der Waals surface area contributed by atoms with Crippen LogP contribution < -0.4 is 4.74 Å². The molecule has 27 heavy (non-hydrogen) atoms. The number of carbonyl (C=O) groups excluding carboxylic acids is 2. The predicted octanol–water partition coefficient (Wildman–Crippen LogP) is 2.63. The summed E-state index contributed by atoms with van der Waals surface area (Å²) in [6.45, 7) is 3.81. The molecule has 0 atom stereocenters. The van der Waals surface area contributed by atoms with Crippen LogP contribution in [-0.2, 0) is 13.0 Å². The number of carbonyl (C=O) groups is 2. The smallest absolute Gasteiger partial charge is 0.253 e. The van der Waals surface area contributed by atoms with Crippen molar-refractivity contribution in [2.45, 2.75) is 25.8 Å². The van der Waals surface area contributed by atoms with Crippen LogP contribution in [0.25, 0.3) is 0 Å². The van der Waals surface area contributed by atoms with E-state index < -0.39 is 0 Å². The average Bonchev–Trinajstić information content (AvgIpc) is 3.12. The van der Waals surface area contributed by atoms with E-state index in [1.165, 1.54) is 0 Å². The van der Waals surface area contributed by atoms with Crippen molar-refractivity contribution >= 4 is 23.0 Å². The average molecular weight is 385 g/mol. The first-order valence-corrected chi connectivity index (χ1v) is 10.1. The molecule has 0 N–H and O–H groups in total. The Balaban J connectivity index is 1.33. The van der Waals surface area contributed by atoms with E-state index in [-0.39, 0.29) is 11.7 Å². The molecular weight excluding hydrogens is 362 g/mol. The number of thiazole rings is 1. The Labute approximate surface area is 162 Å². The summed E-state index contributed by atoms with van der Waals surface area (Å²) < 4.78 is 5.14. The minimum Gasteiger partial charge on any atom is -0.497 e. The van der Waals surface area contributed by atoms with Gasteiger partial charge in [0.05, 0.1) is 24.2 Å². The van der Waals surface area contributed by atoms with E-state index in [1.54, 1.807) is 18.4 Å². The van der Waals surface area contributed by atoms with E-state index in [0.29, 0.717) is 25.1 Å². The number of methoxy groups -OCH3 is 1. The largest absolute Gasteiger partial charge is 0.497 e. The minimum absolute atomic E-state index is 0.0626. The molecule has 0 bridgehead atoms. The number of piperazine rings is 1. The van der Waals surface area contributed by atoms with Crippen LogP contribution in [0.1, 0.15) is 43.6 Å². The van der Waals surface area contributed by atoms with Crippen molar-refractivity contribution in [2.75, 3.05) is 33.3 Å². The van der Waals surface area contributed by atoms with Crippen LogP contribution in [0.5, 0.6) is 5.75 Å². The van der Waals surface area contributed by atoms with Crippen LogP contribution in [0.3, 0.4) is 0 Å². The van der Waals surface area contributed by atoms with E-state index in [1.807, 2.05) is 29.2 Å². The molecule has 1 saturated heterocycles. The third-order valence-corrected chi connectivity index (χ3v) is 6.29. The van der Waals surface area contributed by atoms with E-state index in [0.717, 1.165) is 53.8 Å². The monoisotopic (exact) mass is 385 g/mol. The number of Topliss-reactive ketones (excluding diaryl/α,β-unsaturated/α-hetero) is 1. The number of hydrogen-bond donors (Lipinski definition) is 0. The van der Waals surface area contributed by atoms with Crippen LogP contribution >= 0.6 is 11.3 Å². The summed E-state index contributed by atoms with van der Waals surface area (Å²) in [7, 11) is 1.62. The van der Waals surface area contributed by atoms with Crippen molar-refractivity contribution in [2.24, 2.45) is 0 Å². The van der Waals surface area contributed by atoms with Crippen molar-refractivity contribution < 1.29 is 14.3 Å². The van der Waals surface area contributed by atoms with Gasteiger partial charge in [-0.05, 0) is 37.1 Å². The van der Waals surface area contributed by atoms with Gasteiger partial charge < -0.3 is 9.64 Å². The molecule has 1 aliphatic carbocycles. The third-order valence-electron chi connectivity index (χ3n) is 5.17. The van der Waals surface area contributed by atoms with Gasteiger partial charge in [-0.25, -0.2) is 4.98 Å². The highest BCUT2D eigenvalue weighted by atomic mass is 32.1. The van der Waals surface area contributed by atoms with Crippen molar-refractivity contribution in [3.63, 3.8) is 0 Å². The number of benzene rings is 1. The summed E-state index contributed by atoms with van der Waals surface area (Å²) in [6, 6.07) is 7.25. The molecule has 1 fully saturated rings. The van der Waals surface area contributed by atoms with Crippen LogP contribution in [0.4, 0.5) is 0 Å². The van der Waals surface area contributed by atoms with Gasteiger partial charge in [0.25, 0.3) is 5.91 Å². The van der Waals surface area contributed by atoms with Crippen molar-refractivity contribution in [3.8, 4) is 5.75 Å². The SMILES string of the molecule is COc1ccc(C(=O)N2CCN(Cc3nc4c(s3)C(=O)CCC4)CC2)cc1. The van der Waals surface area contributed by atoms with Gasteiger partial charge in [0.15, 0.2) is 5.78 Å². The minimum atomic E-state index is 0.0626. The van der Waals surface area contributed by atoms with E-state index in [2.05, 4.69) is 9.88 Å². The molecule has 1 aliphatic heterocycles. The summed E-state index contributed by atoms with van der Waals surface area (Å²) in [6.07, 6.45) is 2.49. The lowest BCUT2D eigenvalue weighted by molar-refractivity contribution is 0.0628. The Morgan fingerprint density at radius 3 is 2.56 bits per heavy atom. The normalized spacial score (nSPS) is 17.7. The van der Waals surface area contributed by atoms with Crippen LogP contribution in [0, 0.1) is 0 Å². The second-order valence-corrected chi connectivity index (χ2v) is 8.04. The zero-order chi connectivity index (χ0) is 18.8. The molecule has 1 aromatic heterocycles. The Morgan fingerprint density at radius 1 is 1.15 bits per heavy atom. The second-order valence-electron chi connectivity index (χ2n) is 6.96. The molecule has 4 rings (SSSR count). The first kappa shape index (κ1) is 18.1. The number of rotatable bonds is 4. The van der Waals surface area contributed by atoms with Gasteiger partial charge in [-0.15, -0.1) is 11.3 Å². The van der Waals surface area contributed by atoms with Gasteiger partial charge in [-0.1, -0.05) is 0 Å². The first-order chi connectivity index (χ1) is 13.1. The summed E-state index contributed by atoms with van der Waals surface area (Å²) in [5.74, 6) is 1.06. The zero-order valence-electron chi connectivity index (χ0n) is 15.4. The fraction of sp³-hybridized carbons (Fsp3) is 0.450. The van der Waals surface area contributed by atoms with Gasteiger partial charge in [0.1, 0.15) is 10.8 Å². The Bertz CT molecular complexity index is 839. The predicted molar refractivity (Wildman–Crippen MR) is 104 cm³/mol. The Hall–Kier alpha value is -2.25. The number of aryl methyl sites for hydroxylation is 1. The number of aromatic nitrogens is 1. The molecule has 0 spiro atoms. The topological polar surface area (TPSA) is 62.7 Å². The highest BCUT2D eigenvalue weighted by Crippen LogP contribution is 2.27. The standard InChI is InChI=1S/C20H23N3O3S/c1-26-15-7-5-14(6-8-15)20(25)23-11-9-22(10-12-23)13-18-21-16-3-2-4-17(24)19(16)27-18/h5-8H,2-4,9-13H2,1H3. The number of nitrogens with zero attached hydrogens (tertiary/aromatic N) is 3. The molecule has 6 nitrogen and oxygen atoms in total. The number of hydrogen-bond acceptors (Lipinski definition) is 6. The van der Waals surface area contributed by atoms with Crippen LogP contribution in [-0.4, -0.2) is 59.8 Å². The van der Waals surface area contributed by atoms with Crippen molar-refractivity contribution in [3.05, 3.63) is 45.4 Å².